The van der Waals surface area contributed by atoms with E-state index in [4.69, 9.17) is 11.6 Å². The summed E-state index contributed by atoms with van der Waals surface area (Å²) in [4.78, 5) is 0. The molecule has 3 heteroatoms. The van der Waals surface area contributed by atoms with Gasteiger partial charge in [0, 0.05) is 17.3 Å². The predicted octanol–water partition coefficient (Wildman–Crippen LogP) is 2.63. The third-order valence-electron chi connectivity index (χ3n) is 1.72. The molecule has 0 fully saturated rings. The minimum atomic E-state index is 0.696. The Balaban J connectivity index is 2.46. The summed E-state index contributed by atoms with van der Waals surface area (Å²) in [5, 5.41) is 4.95. The van der Waals surface area contributed by atoms with Gasteiger partial charge < -0.3 is 0 Å². The van der Waals surface area contributed by atoms with Gasteiger partial charge in [-0.15, -0.1) is 0 Å². The van der Waals surface area contributed by atoms with Gasteiger partial charge in [0.25, 0.3) is 0 Å². The first kappa shape index (κ1) is 8.32. The maximum absolute atomic E-state index is 5.84. The van der Waals surface area contributed by atoms with Crippen LogP contribution in [-0.2, 0) is 0 Å². The molecule has 0 saturated heterocycles. The normalized spacial score (nSPS) is 10.3. The lowest BCUT2D eigenvalue weighted by Gasteiger charge is -1.99. The van der Waals surface area contributed by atoms with Gasteiger partial charge in [-0.05, 0) is 25.1 Å². The number of aryl methyl sites for hydroxylation is 1. The van der Waals surface area contributed by atoms with Crippen LogP contribution < -0.4 is 0 Å². The van der Waals surface area contributed by atoms with Crippen molar-refractivity contribution in [3.05, 3.63) is 47.2 Å². The highest BCUT2D eigenvalue weighted by molar-refractivity contribution is 6.30. The standard InChI is InChI=1S/C10H8ClN2/c1-8-5-6-13(12-8)10-4-2-3-9(11)7-10/h2-3,5-7H,1H3. The monoisotopic (exact) mass is 191 g/mol. The van der Waals surface area contributed by atoms with Crippen molar-refractivity contribution in [2.45, 2.75) is 6.92 Å². The molecule has 2 aromatic rings. The van der Waals surface area contributed by atoms with E-state index in [1.54, 1.807) is 16.8 Å². The number of benzene rings is 1. The molecule has 0 saturated carbocycles. The molecule has 0 amide bonds. The zero-order valence-corrected chi connectivity index (χ0v) is 7.92. The third kappa shape index (κ3) is 1.73. The van der Waals surface area contributed by atoms with Gasteiger partial charge in [-0.1, -0.05) is 17.7 Å². The van der Waals surface area contributed by atoms with Crippen LogP contribution in [0.2, 0.25) is 5.02 Å². The highest BCUT2D eigenvalue weighted by Gasteiger charge is 1.98. The average Bonchev–Trinajstić information content (AvgIpc) is 2.52. The number of rotatable bonds is 1. The van der Waals surface area contributed by atoms with Gasteiger partial charge in [-0.25, -0.2) is 4.68 Å². The van der Waals surface area contributed by atoms with Gasteiger partial charge in [0.15, 0.2) is 0 Å². The van der Waals surface area contributed by atoms with Gasteiger partial charge in [-0.2, -0.15) is 5.10 Å². The first-order valence-corrected chi connectivity index (χ1v) is 4.33. The van der Waals surface area contributed by atoms with E-state index >= 15 is 0 Å². The molecule has 2 nitrogen and oxygen atoms in total. The summed E-state index contributed by atoms with van der Waals surface area (Å²) >= 11 is 5.84. The Labute approximate surface area is 81.8 Å². The van der Waals surface area contributed by atoms with Crippen molar-refractivity contribution in [1.82, 2.24) is 9.78 Å². The van der Waals surface area contributed by atoms with Gasteiger partial charge >= 0.3 is 0 Å². The van der Waals surface area contributed by atoms with Crippen molar-refractivity contribution >= 4 is 11.6 Å². The van der Waals surface area contributed by atoms with Crippen molar-refractivity contribution in [3.8, 4) is 5.69 Å². The van der Waals surface area contributed by atoms with Crippen molar-refractivity contribution < 1.29 is 0 Å². The molecule has 65 valence electrons. The maximum atomic E-state index is 5.84. The summed E-state index contributed by atoms with van der Waals surface area (Å²) in [6.45, 7) is 1.95. The second kappa shape index (κ2) is 3.23. The van der Waals surface area contributed by atoms with Crippen LogP contribution in [0.4, 0.5) is 0 Å². The van der Waals surface area contributed by atoms with Crippen molar-refractivity contribution in [1.29, 1.82) is 0 Å². The number of hydrogen-bond donors (Lipinski definition) is 0. The molecule has 0 aliphatic rings. The number of hydrogen-bond acceptors (Lipinski definition) is 1. The van der Waals surface area contributed by atoms with E-state index in [0.717, 1.165) is 11.4 Å². The summed E-state index contributed by atoms with van der Waals surface area (Å²) < 4.78 is 1.75. The number of halogens is 1. The largest absolute Gasteiger partial charge is 0.240 e. The number of nitrogens with zero attached hydrogens (tertiary/aromatic N) is 2. The molecule has 0 N–H and O–H groups in total. The molecule has 1 aromatic carbocycles. The molecule has 13 heavy (non-hydrogen) atoms. The molecule has 0 spiro atoms. The zero-order valence-electron chi connectivity index (χ0n) is 7.16. The Kier molecular flexibility index (Phi) is 2.07. The highest BCUT2D eigenvalue weighted by atomic mass is 35.5. The van der Waals surface area contributed by atoms with Crippen LogP contribution in [0.1, 0.15) is 5.69 Å². The minimum Gasteiger partial charge on any atom is -0.240 e. The second-order valence-electron chi connectivity index (χ2n) is 2.79. The lowest BCUT2D eigenvalue weighted by molar-refractivity contribution is 0.861. The van der Waals surface area contributed by atoms with Crippen LogP contribution in [0.3, 0.4) is 0 Å². The van der Waals surface area contributed by atoms with Crippen LogP contribution in [0.5, 0.6) is 0 Å². The SMILES string of the molecule is Cc1ccn(-c2[c]ccc(Cl)c2)n1. The Hall–Kier alpha value is -1.28. The fraction of sp³-hybridized carbons (Fsp3) is 0.100. The zero-order chi connectivity index (χ0) is 9.26. The molecule has 0 aliphatic carbocycles. The van der Waals surface area contributed by atoms with Crippen LogP contribution in [0.15, 0.2) is 30.5 Å². The van der Waals surface area contributed by atoms with Crippen LogP contribution in [0, 0.1) is 13.0 Å². The van der Waals surface area contributed by atoms with Crippen LogP contribution >= 0.6 is 11.6 Å². The van der Waals surface area contributed by atoms with Gasteiger partial charge in [0.2, 0.25) is 0 Å². The second-order valence-corrected chi connectivity index (χ2v) is 3.23. The van der Waals surface area contributed by atoms with E-state index < -0.39 is 0 Å². The predicted molar refractivity (Wildman–Crippen MR) is 52.1 cm³/mol. The Morgan fingerprint density at radius 3 is 2.92 bits per heavy atom. The summed E-state index contributed by atoms with van der Waals surface area (Å²) in [6, 6.07) is 10.4. The summed E-state index contributed by atoms with van der Waals surface area (Å²) in [5.41, 5.74) is 1.84. The molecular weight excluding hydrogens is 184 g/mol. The Bertz CT molecular complexity index is 420. The lowest BCUT2D eigenvalue weighted by atomic mass is 10.3. The summed E-state index contributed by atoms with van der Waals surface area (Å²) in [6.07, 6.45) is 1.89. The maximum Gasteiger partial charge on any atom is 0.0739 e. The third-order valence-corrected chi connectivity index (χ3v) is 1.95. The van der Waals surface area contributed by atoms with E-state index in [0.29, 0.717) is 5.02 Å². The molecule has 1 radical (unpaired) electrons. The first-order valence-electron chi connectivity index (χ1n) is 3.95. The highest BCUT2D eigenvalue weighted by Crippen LogP contribution is 2.13. The van der Waals surface area contributed by atoms with Crippen LogP contribution in [0.25, 0.3) is 5.69 Å². The van der Waals surface area contributed by atoms with Gasteiger partial charge in [-0.3, -0.25) is 0 Å². The topological polar surface area (TPSA) is 17.8 Å². The van der Waals surface area contributed by atoms with Gasteiger partial charge in [0.05, 0.1) is 11.4 Å². The molecule has 2 rings (SSSR count). The fourth-order valence-corrected chi connectivity index (χ4v) is 1.27. The molecule has 0 atom stereocenters. The van der Waals surface area contributed by atoms with E-state index in [1.165, 1.54) is 0 Å². The quantitative estimate of drug-likeness (QED) is 0.678. The molecule has 0 unspecified atom stereocenters. The minimum absolute atomic E-state index is 0.696. The summed E-state index contributed by atoms with van der Waals surface area (Å²) in [5.74, 6) is 0. The molecular formula is C10H8ClN2. The first-order chi connectivity index (χ1) is 6.25. The van der Waals surface area contributed by atoms with Crippen molar-refractivity contribution in [2.75, 3.05) is 0 Å². The smallest absolute Gasteiger partial charge is 0.0739 e. The van der Waals surface area contributed by atoms with Crippen LogP contribution in [-0.4, -0.2) is 9.78 Å². The average molecular weight is 192 g/mol. The van der Waals surface area contributed by atoms with E-state index in [-0.39, 0.29) is 0 Å². The van der Waals surface area contributed by atoms with E-state index in [2.05, 4.69) is 11.2 Å². The fourth-order valence-electron chi connectivity index (χ4n) is 1.11. The molecule has 0 bridgehead atoms. The van der Waals surface area contributed by atoms with E-state index in [1.807, 2.05) is 25.3 Å². The lowest BCUT2D eigenvalue weighted by Crippen LogP contribution is -1.94. The Morgan fingerprint density at radius 1 is 1.46 bits per heavy atom. The van der Waals surface area contributed by atoms with Crippen molar-refractivity contribution in [3.63, 3.8) is 0 Å². The Morgan fingerprint density at radius 2 is 2.31 bits per heavy atom. The molecule has 1 heterocycles. The number of aromatic nitrogens is 2. The van der Waals surface area contributed by atoms with Gasteiger partial charge in [0.1, 0.15) is 0 Å². The molecule has 0 aliphatic heterocycles. The molecule has 1 aromatic heterocycles. The van der Waals surface area contributed by atoms with Crippen molar-refractivity contribution in [2.24, 2.45) is 0 Å². The van der Waals surface area contributed by atoms with E-state index in [9.17, 15) is 0 Å². The summed E-state index contributed by atoms with van der Waals surface area (Å²) in [7, 11) is 0.